The minimum absolute atomic E-state index is 0.377. The average Bonchev–Trinajstić information content (AvgIpc) is 2.89. The Morgan fingerprint density at radius 2 is 1.51 bits per heavy atom. The van der Waals surface area contributed by atoms with Crippen LogP contribution in [0, 0.1) is 0 Å². The first kappa shape index (κ1) is 25.3. The highest BCUT2D eigenvalue weighted by Crippen LogP contribution is 2.27. The normalized spacial score (nSPS) is 10.6. The number of benzene rings is 3. The Hall–Kier alpha value is -4.33. The molecule has 0 aliphatic heterocycles. The van der Waals surface area contributed by atoms with Crippen molar-refractivity contribution in [3.63, 3.8) is 0 Å². The Kier molecular flexibility index (Phi) is 9.24. The number of hydrogen-bond donors (Lipinski definition) is 1. The molecule has 0 aromatic heterocycles. The summed E-state index contributed by atoms with van der Waals surface area (Å²) in [5.74, 6) is 1.23. The summed E-state index contributed by atoms with van der Waals surface area (Å²) < 4.78 is 21.4. The van der Waals surface area contributed by atoms with Crippen molar-refractivity contribution in [2.24, 2.45) is 5.10 Å². The zero-order chi connectivity index (χ0) is 25.0. The Labute approximate surface area is 204 Å². The van der Waals surface area contributed by atoms with Gasteiger partial charge in [0.2, 0.25) is 0 Å². The Balaban J connectivity index is 1.52. The van der Waals surface area contributed by atoms with Crippen LogP contribution >= 0.6 is 0 Å². The van der Waals surface area contributed by atoms with E-state index in [1.54, 1.807) is 66.7 Å². The molecule has 0 aliphatic rings. The lowest BCUT2D eigenvalue weighted by Crippen LogP contribution is -2.17. The van der Waals surface area contributed by atoms with E-state index in [4.69, 9.17) is 18.9 Å². The maximum Gasteiger partial charge on any atom is 0.343 e. The van der Waals surface area contributed by atoms with Crippen molar-refractivity contribution in [1.29, 1.82) is 0 Å². The molecule has 182 valence electrons. The number of nitrogens with one attached hydrogen (secondary N) is 1. The fourth-order valence-electron chi connectivity index (χ4n) is 3.02. The Bertz CT molecular complexity index is 1160. The SMILES string of the molecule is CCCCOc1ccc(C(=O)Oc2ccc(/C=N\NC(=O)c3ccc(OC)c(OC)c3)cc2)cc1. The lowest BCUT2D eigenvalue weighted by atomic mass is 10.2. The number of rotatable bonds is 11. The van der Waals surface area contributed by atoms with E-state index in [1.165, 1.54) is 20.4 Å². The highest BCUT2D eigenvalue weighted by Gasteiger charge is 2.11. The van der Waals surface area contributed by atoms with Gasteiger partial charge in [-0.05, 0) is 78.7 Å². The number of esters is 1. The van der Waals surface area contributed by atoms with E-state index in [1.807, 2.05) is 0 Å². The standard InChI is InChI=1S/C27H28N2O6/c1-4-5-16-34-22-13-8-20(9-14-22)27(31)35-23-11-6-19(7-12-23)18-28-29-26(30)21-10-15-24(32-2)25(17-21)33-3/h6-15,17-18H,4-5,16H2,1-3H3,(H,29,30)/b28-18-. The molecule has 0 aliphatic carbocycles. The number of hydrazone groups is 1. The van der Waals surface area contributed by atoms with Crippen LogP contribution in [0.3, 0.4) is 0 Å². The molecule has 0 radical (unpaired) electrons. The second kappa shape index (κ2) is 12.8. The maximum atomic E-state index is 12.4. The monoisotopic (exact) mass is 476 g/mol. The van der Waals surface area contributed by atoms with Gasteiger partial charge in [-0.2, -0.15) is 5.10 Å². The van der Waals surface area contributed by atoms with E-state index in [0.717, 1.165) is 18.6 Å². The number of carbonyl (C=O) groups excluding carboxylic acids is 2. The molecule has 3 aromatic rings. The van der Waals surface area contributed by atoms with Gasteiger partial charge in [-0.25, -0.2) is 10.2 Å². The topological polar surface area (TPSA) is 95.5 Å². The predicted octanol–water partition coefficient (Wildman–Crippen LogP) is 4.87. The summed E-state index contributed by atoms with van der Waals surface area (Å²) in [6.45, 7) is 2.75. The molecule has 0 spiro atoms. The Morgan fingerprint density at radius 1 is 0.857 bits per heavy atom. The number of unbranched alkanes of at least 4 members (excludes halogenated alkanes) is 1. The van der Waals surface area contributed by atoms with E-state index in [9.17, 15) is 9.59 Å². The molecule has 3 rings (SSSR count). The van der Waals surface area contributed by atoms with Crippen molar-refractivity contribution in [3.05, 3.63) is 83.4 Å². The summed E-state index contributed by atoms with van der Waals surface area (Å²) in [7, 11) is 3.02. The first-order valence-electron chi connectivity index (χ1n) is 11.1. The number of hydrogen-bond acceptors (Lipinski definition) is 7. The minimum atomic E-state index is -0.464. The molecule has 0 saturated carbocycles. The fourth-order valence-corrected chi connectivity index (χ4v) is 3.02. The molecule has 0 bridgehead atoms. The van der Waals surface area contributed by atoms with Gasteiger partial charge in [-0.15, -0.1) is 0 Å². The largest absolute Gasteiger partial charge is 0.494 e. The van der Waals surface area contributed by atoms with Gasteiger partial charge in [0.25, 0.3) is 5.91 Å². The molecule has 0 unspecified atom stereocenters. The van der Waals surface area contributed by atoms with E-state index in [0.29, 0.717) is 40.5 Å². The van der Waals surface area contributed by atoms with Gasteiger partial charge in [0.05, 0.1) is 32.6 Å². The maximum absolute atomic E-state index is 12.4. The number of methoxy groups -OCH3 is 2. The number of amides is 1. The van der Waals surface area contributed by atoms with Gasteiger partial charge < -0.3 is 18.9 Å². The van der Waals surface area contributed by atoms with Crippen molar-refractivity contribution < 1.29 is 28.5 Å². The van der Waals surface area contributed by atoms with Crippen LogP contribution in [0.2, 0.25) is 0 Å². The molecule has 0 heterocycles. The van der Waals surface area contributed by atoms with Gasteiger partial charge in [0, 0.05) is 5.56 Å². The summed E-state index contributed by atoms with van der Waals surface area (Å²) in [6.07, 6.45) is 3.53. The second-order valence-electron chi connectivity index (χ2n) is 7.45. The fraction of sp³-hybridized carbons (Fsp3) is 0.222. The van der Waals surface area contributed by atoms with Gasteiger partial charge in [0.15, 0.2) is 11.5 Å². The molecule has 0 fully saturated rings. The van der Waals surface area contributed by atoms with Crippen LogP contribution in [0.25, 0.3) is 0 Å². The third-order valence-electron chi connectivity index (χ3n) is 4.97. The van der Waals surface area contributed by atoms with Gasteiger partial charge in [0.1, 0.15) is 11.5 Å². The molecule has 35 heavy (non-hydrogen) atoms. The third-order valence-corrected chi connectivity index (χ3v) is 4.97. The third kappa shape index (κ3) is 7.33. The zero-order valence-corrected chi connectivity index (χ0v) is 19.9. The molecule has 1 amide bonds. The van der Waals surface area contributed by atoms with Crippen LogP contribution in [0.15, 0.2) is 71.8 Å². The zero-order valence-electron chi connectivity index (χ0n) is 19.9. The van der Waals surface area contributed by atoms with E-state index in [2.05, 4.69) is 17.5 Å². The van der Waals surface area contributed by atoms with Gasteiger partial charge in [-0.3, -0.25) is 4.79 Å². The first-order valence-corrected chi connectivity index (χ1v) is 11.1. The van der Waals surface area contributed by atoms with Crippen molar-refractivity contribution in [2.75, 3.05) is 20.8 Å². The summed E-state index contributed by atoms with van der Waals surface area (Å²) in [5, 5.41) is 3.97. The van der Waals surface area contributed by atoms with E-state index < -0.39 is 11.9 Å². The number of carbonyl (C=O) groups is 2. The van der Waals surface area contributed by atoms with Crippen molar-refractivity contribution in [1.82, 2.24) is 5.43 Å². The highest BCUT2D eigenvalue weighted by atomic mass is 16.5. The predicted molar refractivity (Wildman–Crippen MR) is 133 cm³/mol. The minimum Gasteiger partial charge on any atom is -0.494 e. The van der Waals surface area contributed by atoms with E-state index >= 15 is 0 Å². The number of ether oxygens (including phenoxy) is 4. The van der Waals surface area contributed by atoms with Crippen LogP contribution in [-0.2, 0) is 0 Å². The van der Waals surface area contributed by atoms with Crippen molar-refractivity contribution in [2.45, 2.75) is 19.8 Å². The molecular weight excluding hydrogens is 448 g/mol. The summed E-state index contributed by atoms with van der Waals surface area (Å²) in [5.41, 5.74) is 3.98. The second-order valence-corrected chi connectivity index (χ2v) is 7.45. The van der Waals surface area contributed by atoms with E-state index in [-0.39, 0.29) is 0 Å². The van der Waals surface area contributed by atoms with Crippen LogP contribution in [0.5, 0.6) is 23.0 Å². The molecule has 1 N–H and O–H groups in total. The molecule has 0 atom stereocenters. The van der Waals surface area contributed by atoms with Crippen molar-refractivity contribution in [3.8, 4) is 23.0 Å². The van der Waals surface area contributed by atoms with Gasteiger partial charge in [-0.1, -0.05) is 13.3 Å². The van der Waals surface area contributed by atoms with Gasteiger partial charge >= 0.3 is 5.97 Å². The highest BCUT2D eigenvalue weighted by molar-refractivity contribution is 5.95. The lowest BCUT2D eigenvalue weighted by Gasteiger charge is -2.08. The summed E-state index contributed by atoms with van der Waals surface area (Å²) in [4.78, 5) is 24.7. The van der Waals surface area contributed by atoms with Crippen LogP contribution in [0.1, 0.15) is 46.0 Å². The average molecular weight is 477 g/mol. The van der Waals surface area contributed by atoms with Crippen LogP contribution in [-0.4, -0.2) is 38.9 Å². The molecule has 0 saturated heterocycles. The summed E-state index contributed by atoms with van der Waals surface area (Å²) in [6, 6.07) is 18.4. The quantitative estimate of drug-likeness (QED) is 0.140. The summed E-state index contributed by atoms with van der Waals surface area (Å²) >= 11 is 0. The first-order chi connectivity index (χ1) is 17.0. The van der Waals surface area contributed by atoms with Crippen molar-refractivity contribution >= 4 is 18.1 Å². The number of nitrogens with zero attached hydrogens (tertiary/aromatic N) is 1. The van der Waals surface area contributed by atoms with Crippen LogP contribution in [0.4, 0.5) is 0 Å². The molecule has 8 heteroatoms. The lowest BCUT2D eigenvalue weighted by molar-refractivity contribution is 0.0734. The smallest absolute Gasteiger partial charge is 0.343 e. The molecule has 3 aromatic carbocycles. The Morgan fingerprint density at radius 3 is 2.17 bits per heavy atom. The van der Waals surface area contributed by atoms with Crippen LogP contribution < -0.4 is 24.4 Å². The molecule has 8 nitrogen and oxygen atoms in total. The molecular formula is C27H28N2O6.